The number of thiazole rings is 1. The van der Waals surface area contributed by atoms with E-state index in [4.69, 9.17) is 16.1 Å². The van der Waals surface area contributed by atoms with E-state index in [9.17, 15) is 4.79 Å². The van der Waals surface area contributed by atoms with Crippen molar-refractivity contribution in [1.82, 2.24) is 20.1 Å². The van der Waals surface area contributed by atoms with Gasteiger partial charge in [-0.15, -0.1) is 17.8 Å². The highest BCUT2D eigenvalue weighted by molar-refractivity contribution is 7.18. The predicted molar refractivity (Wildman–Crippen MR) is 150 cm³/mol. The van der Waals surface area contributed by atoms with E-state index in [0.717, 1.165) is 59.1 Å². The van der Waals surface area contributed by atoms with Gasteiger partial charge in [-0.3, -0.25) is 0 Å². The minimum absolute atomic E-state index is 0.0416. The fraction of sp³-hybridized carbons (Fsp3) is 0.400. The molecule has 5 rings (SSSR count). The Bertz CT molecular complexity index is 1340. The third-order valence-electron chi connectivity index (χ3n) is 7.27. The molecule has 1 aliphatic heterocycles. The standard InChI is InChI=1S/C30H34N4O2S/c1-6-20-16-21(10-13-27(20)36-19(2)3)29-31-17-28(37-29)25-9-7-8-24-23(25)11-12-26(24)32-30(35)34-15-14-22(18-34)33(4)5/h1,7-10,13,16-17,19,22,26H,11-12,14-15,18H2,2-5H3,(H,32,35)/t22-,26+/m1/s1. The van der Waals surface area contributed by atoms with Gasteiger partial charge in [-0.1, -0.05) is 24.1 Å². The van der Waals surface area contributed by atoms with Crippen LogP contribution >= 0.6 is 11.3 Å². The SMILES string of the molecule is C#Cc1cc(-c2ncc(-c3cccc4c3CC[C@@H]4NC(=O)N3CC[C@@H](N(C)C)C3)s2)ccc1OC(C)C. The number of benzene rings is 2. The molecule has 37 heavy (non-hydrogen) atoms. The highest BCUT2D eigenvalue weighted by Crippen LogP contribution is 2.41. The lowest BCUT2D eigenvalue weighted by Crippen LogP contribution is -2.41. The van der Waals surface area contributed by atoms with E-state index in [-0.39, 0.29) is 18.2 Å². The fourth-order valence-electron chi connectivity index (χ4n) is 5.29. The van der Waals surface area contributed by atoms with Crippen LogP contribution in [0.4, 0.5) is 4.79 Å². The Balaban J connectivity index is 1.34. The average Bonchev–Trinajstić information content (AvgIpc) is 3.64. The molecule has 0 bridgehead atoms. The third-order valence-corrected chi connectivity index (χ3v) is 8.34. The molecule has 0 unspecified atom stereocenters. The van der Waals surface area contributed by atoms with Gasteiger partial charge in [0.05, 0.1) is 22.6 Å². The van der Waals surface area contributed by atoms with E-state index in [1.54, 1.807) is 11.3 Å². The molecule has 0 saturated carbocycles. The second-order valence-electron chi connectivity index (χ2n) is 10.3. The molecule has 192 valence electrons. The zero-order valence-corrected chi connectivity index (χ0v) is 22.8. The van der Waals surface area contributed by atoms with Crippen LogP contribution in [0.5, 0.6) is 5.75 Å². The predicted octanol–water partition coefficient (Wildman–Crippen LogP) is 5.58. The van der Waals surface area contributed by atoms with Crippen LogP contribution in [0.25, 0.3) is 21.0 Å². The highest BCUT2D eigenvalue weighted by Gasteiger charge is 2.31. The second-order valence-corrected chi connectivity index (χ2v) is 11.3. The summed E-state index contributed by atoms with van der Waals surface area (Å²) in [7, 11) is 4.16. The molecule has 2 atom stereocenters. The number of nitrogens with zero attached hydrogens (tertiary/aromatic N) is 3. The Morgan fingerprint density at radius 2 is 2.11 bits per heavy atom. The van der Waals surface area contributed by atoms with Crippen molar-refractivity contribution < 1.29 is 9.53 Å². The van der Waals surface area contributed by atoms with E-state index >= 15 is 0 Å². The van der Waals surface area contributed by atoms with Gasteiger partial charge in [-0.2, -0.15) is 0 Å². The summed E-state index contributed by atoms with van der Waals surface area (Å²) in [6, 6.07) is 12.8. The maximum absolute atomic E-state index is 13.0. The number of hydrogen-bond acceptors (Lipinski definition) is 5. The lowest BCUT2D eigenvalue weighted by Gasteiger charge is -2.23. The van der Waals surface area contributed by atoms with Gasteiger partial charge in [0, 0.05) is 30.9 Å². The van der Waals surface area contributed by atoms with Gasteiger partial charge in [-0.05, 0) is 82.1 Å². The zero-order valence-electron chi connectivity index (χ0n) is 22.0. The van der Waals surface area contributed by atoms with Crippen LogP contribution in [0.1, 0.15) is 49.4 Å². The summed E-state index contributed by atoms with van der Waals surface area (Å²) in [6.45, 7) is 5.57. The van der Waals surface area contributed by atoms with Gasteiger partial charge in [0.2, 0.25) is 0 Å². The van der Waals surface area contributed by atoms with E-state index < -0.39 is 0 Å². The molecule has 1 aliphatic carbocycles. The van der Waals surface area contributed by atoms with Crippen LogP contribution in [-0.4, -0.2) is 60.1 Å². The van der Waals surface area contributed by atoms with Gasteiger partial charge in [0.1, 0.15) is 10.8 Å². The molecule has 1 fully saturated rings. The second kappa shape index (κ2) is 10.6. The molecule has 2 heterocycles. The topological polar surface area (TPSA) is 57.7 Å². The molecule has 2 aromatic carbocycles. The minimum Gasteiger partial charge on any atom is -0.490 e. The number of nitrogens with one attached hydrogen (secondary N) is 1. The minimum atomic E-state index is 0.0416. The summed E-state index contributed by atoms with van der Waals surface area (Å²) in [6.07, 6.45) is 10.6. The summed E-state index contributed by atoms with van der Waals surface area (Å²) in [5.74, 6) is 3.46. The molecule has 2 amide bonds. The number of aromatic nitrogens is 1. The van der Waals surface area contributed by atoms with Crippen molar-refractivity contribution in [3.8, 4) is 39.1 Å². The number of likely N-dealkylation sites (N-methyl/N-ethyl adjacent to an activating group) is 1. The Morgan fingerprint density at radius 1 is 1.27 bits per heavy atom. The summed E-state index contributed by atoms with van der Waals surface area (Å²) >= 11 is 1.66. The van der Waals surface area contributed by atoms with Crippen molar-refractivity contribution in [3.63, 3.8) is 0 Å². The Kier molecular flexibility index (Phi) is 7.23. The highest BCUT2D eigenvalue weighted by atomic mass is 32.1. The number of terminal acetylenes is 1. The lowest BCUT2D eigenvalue weighted by molar-refractivity contribution is 0.199. The number of hydrogen-bond donors (Lipinski definition) is 1. The summed E-state index contributed by atoms with van der Waals surface area (Å²) < 4.78 is 5.84. The first-order valence-electron chi connectivity index (χ1n) is 12.9. The Labute approximate surface area is 223 Å². The molecule has 0 radical (unpaired) electrons. The van der Waals surface area contributed by atoms with Crippen molar-refractivity contribution in [2.75, 3.05) is 27.2 Å². The molecule has 7 heteroatoms. The Hall–Kier alpha value is -3.34. The maximum atomic E-state index is 13.0. The van der Waals surface area contributed by atoms with Crippen LogP contribution in [0.2, 0.25) is 0 Å². The van der Waals surface area contributed by atoms with Gasteiger partial charge < -0.3 is 19.9 Å². The maximum Gasteiger partial charge on any atom is 0.317 e. The van der Waals surface area contributed by atoms with Crippen molar-refractivity contribution in [2.24, 2.45) is 0 Å². The van der Waals surface area contributed by atoms with Crippen molar-refractivity contribution in [3.05, 3.63) is 59.3 Å². The number of ether oxygens (including phenoxy) is 1. The first kappa shape index (κ1) is 25.3. The van der Waals surface area contributed by atoms with E-state index in [0.29, 0.717) is 6.04 Å². The largest absolute Gasteiger partial charge is 0.490 e. The first-order valence-corrected chi connectivity index (χ1v) is 13.7. The summed E-state index contributed by atoms with van der Waals surface area (Å²) in [4.78, 5) is 23.0. The van der Waals surface area contributed by atoms with Crippen LogP contribution < -0.4 is 10.1 Å². The molecule has 1 saturated heterocycles. The average molecular weight is 515 g/mol. The van der Waals surface area contributed by atoms with Crippen LogP contribution in [0.15, 0.2) is 42.6 Å². The summed E-state index contributed by atoms with van der Waals surface area (Å²) in [5, 5.41) is 4.23. The van der Waals surface area contributed by atoms with Gasteiger partial charge in [-0.25, -0.2) is 9.78 Å². The van der Waals surface area contributed by atoms with Crippen molar-refractivity contribution in [1.29, 1.82) is 0 Å². The summed E-state index contributed by atoms with van der Waals surface area (Å²) in [5.41, 5.74) is 5.44. The van der Waals surface area contributed by atoms with Gasteiger partial charge in [0.15, 0.2) is 0 Å². The zero-order chi connectivity index (χ0) is 26.1. The monoisotopic (exact) mass is 514 g/mol. The number of carbonyl (C=O) groups is 1. The molecule has 2 aliphatic rings. The molecule has 6 nitrogen and oxygen atoms in total. The fourth-order valence-corrected chi connectivity index (χ4v) is 6.25. The molecule has 1 aromatic heterocycles. The molecule has 3 aromatic rings. The van der Waals surface area contributed by atoms with Crippen LogP contribution in [0.3, 0.4) is 0 Å². The first-order chi connectivity index (χ1) is 17.8. The van der Waals surface area contributed by atoms with Gasteiger partial charge >= 0.3 is 6.03 Å². The van der Waals surface area contributed by atoms with Gasteiger partial charge in [0.25, 0.3) is 0 Å². The number of fused-ring (bicyclic) bond motifs is 1. The third kappa shape index (κ3) is 5.22. The van der Waals surface area contributed by atoms with Crippen molar-refractivity contribution in [2.45, 2.75) is 51.3 Å². The number of carbonyl (C=O) groups excluding carboxylic acids is 1. The Morgan fingerprint density at radius 3 is 2.84 bits per heavy atom. The molecule has 1 N–H and O–H groups in total. The van der Waals surface area contributed by atoms with Crippen LogP contribution in [-0.2, 0) is 6.42 Å². The quantitative estimate of drug-likeness (QED) is 0.437. The van der Waals surface area contributed by atoms with E-state index in [2.05, 4.69) is 48.4 Å². The molecule has 0 spiro atoms. The normalized spacial score (nSPS) is 18.8. The number of amides is 2. The molecular weight excluding hydrogens is 480 g/mol. The van der Waals surface area contributed by atoms with Crippen molar-refractivity contribution >= 4 is 17.4 Å². The smallest absolute Gasteiger partial charge is 0.317 e. The number of rotatable bonds is 6. The van der Waals surface area contributed by atoms with E-state index in [1.165, 1.54) is 16.7 Å². The number of urea groups is 1. The lowest BCUT2D eigenvalue weighted by atomic mass is 10.0. The molecular formula is C30H34N4O2S. The number of likely N-dealkylation sites (tertiary alicyclic amines) is 1. The van der Waals surface area contributed by atoms with E-state index in [1.807, 2.05) is 43.1 Å². The van der Waals surface area contributed by atoms with Crippen LogP contribution in [0, 0.1) is 12.3 Å².